The highest BCUT2D eigenvalue weighted by molar-refractivity contribution is 5.79. The number of nitrogens with zero attached hydrogens (tertiary/aromatic N) is 3. The molecule has 2 rings (SSSR count). The van der Waals surface area contributed by atoms with Crippen LogP contribution < -0.4 is 10.6 Å². The highest BCUT2D eigenvalue weighted by atomic mass is 16.5. The molecule has 1 aliphatic rings. The SMILES string of the molecule is CN=C(NCc1cc(C(C)C)no1)NCC(C)N(C)C1CC1. The van der Waals surface area contributed by atoms with Crippen LogP contribution in [0.25, 0.3) is 0 Å². The zero-order chi connectivity index (χ0) is 16.1. The highest BCUT2D eigenvalue weighted by Crippen LogP contribution is 2.26. The molecule has 2 N–H and O–H groups in total. The van der Waals surface area contributed by atoms with Gasteiger partial charge in [0.05, 0.1) is 12.2 Å². The Morgan fingerprint density at radius 2 is 2.14 bits per heavy atom. The van der Waals surface area contributed by atoms with Crippen molar-refractivity contribution in [3.8, 4) is 0 Å². The van der Waals surface area contributed by atoms with Crippen LogP contribution in [0.4, 0.5) is 0 Å². The quantitative estimate of drug-likeness (QED) is 0.595. The van der Waals surface area contributed by atoms with Crippen molar-refractivity contribution < 1.29 is 4.52 Å². The van der Waals surface area contributed by atoms with Gasteiger partial charge in [0, 0.05) is 31.7 Å². The van der Waals surface area contributed by atoms with Crippen LogP contribution in [-0.2, 0) is 6.54 Å². The molecule has 1 unspecified atom stereocenters. The van der Waals surface area contributed by atoms with Gasteiger partial charge in [-0.15, -0.1) is 0 Å². The van der Waals surface area contributed by atoms with Crippen molar-refractivity contribution in [3.05, 3.63) is 17.5 Å². The highest BCUT2D eigenvalue weighted by Gasteiger charge is 2.28. The van der Waals surface area contributed by atoms with Crippen LogP contribution >= 0.6 is 0 Å². The van der Waals surface area contributed by atoms with E-state index in [1.807, 2.05) is 6.07 Å². The monoisotopic (exact) mass is 307 g/mol. The van der Waals surface area contributed by atoms with Gasteiger partial charge in [0.1, 0.15) is 0 Å². The van der Waals surface area contributed by atoms with Gasteiger partial charge < -0.3 is 15.2 Å². The zero-order valence-electron chi connectivity index (χ0n) is 14.4. The van der Waals surface area contributed by atoms with Gasteiger partial charge in [-0.2, -0.15) is 0 Å². The molecule has 0 saturated heterocycles. The lowest BCUT2D eigenvalue weighted by atomic mass is 10.1. The standard InChI is InChI=1S/C16H29N5O/c1-11(2)15-8-14(22-20-15)10-19-16(17-4)18-9-12(3)21(5)13-6-7-13/h8,11-13H,6-7,9-10H2,1-5H3,(H2,17,18,19). The molecule has 1 saturated carbocycles. The van der Waals surface area contributed by atoms with Crippen molar-refractivity contribution >= 4 is 5.96 Å². The Morgan fingerprint density at radius 3 is 2.68 bits per heavy atom. The van der Waals surface area contributed by atoms with E-state index in [1.165, 1.54) is 12.8 Å². The summed E-state index contributed by atoms with van der Waals surface area (Å²) in [6.45, 7) is 7.91. The molecule has 0 radical (unpaired) electrons. The third kappa shape index (κ3) is 4.73. The van der Waals surface area contributed by atoms with E-state index < -0.39 is 0 Å². The Morgan fingerprint density at radius 1 is 1.41 bits per heavy atom. The molecular formula is C16H29N5O. The van der Waals surface area contributed by atoms with Crippen LogP contribution in [0.2, 0.25) is 0 Å². The fourth-order valence-electron chi connectivity index (χ4n) is 2.31. The number of nitrogens with one attached hydrogen (secondary N) is 2. The second kappa shape index (κ2) is 7.63. The largest absolute Gasteiger partial charge is 0.359 e. The van der Waals surface area contributed by atoms with Crippen molar-refractivity contribution in [2.75, 3.05) is 20.6 Å². The fraction of sp³-hybridized carbons (Fsp3) is 0.750. The number of aliphatic imine (C=N–C) groups is 1. The number of hydrogen-bond acceptors (Lipinski definition) is 4. The number of guanidine groups is 1. The van der Waals surface area contributed by atoms with Crippen molar-refractivity contribution in [1.29, 1.82) is 0 Å². The molecule has 0 aromatic carbocycles. The van der Waals surface area contributed by atoms with Crippen molar-refractivity contribution in [2.45, 2.75) is 58.2 Å². The zero-order valence-corrected chi connectivity index (χ0v) is 14.4. The topological polar surface area (TPSA) is 65.7 Å². The van der Waals surface area contributed by atoms with E-state index in [0.29, 0.717) is 18.5 Å². The van der Waals surface area contributed by atoms with E-state index >= 15 is 0 Å². The second-order valence-corrected chi connectivity index (χ2v) is 6.43. The van der Waals surface area contributed by atoms with Gasteiger partial charge in [0.15, 0.2) is 11.7 Å². The lowest BCUT2D eigenvalue weighted by Crippen LogP contribution is -2.45. The molecule has 22 heavy (non-hydrogen) atoms. The van der Waals surface area contributed by atoms with Gasteiger partial charge in [-0.25, -0.2) is 0 Å². The molecule has 0 spiro atoms. The predicted octanol–water partition coefficient (Wildman–Crippen LogP) is 1.95. The van der Waals surface area contributed by atoms with Gasteiger partial charge in [0.25, 0.3) is 0 Å². The first-order valence-corrected chi connectivity index (χ1v) is 8.13. The summed E-state index contributed by atoms with van der Waals surface area (Å²) in [5.41, 5.74) is 0.986. The molecule has 6 nitrogen and oxygen atoms in total. The van der Waals surface area contributed by atoms with Crippen LogP contribution in [-0.4, -0.2) is 48.7 Å². The maximum absolute atomic E-state index is 5.32. The Labute approximate surface area is 133 Å². The van der Waals surface area contributed by atoms with E-state index in [-0.39, 0.29) is 0 Å². The molecule has 1 heterocycles. The molecule has 1 atom stereocenters. The van der Waals surface area contributed by atoms with Gasteiger partial charge in [0.2, 0.25) is 0 Å². The summed E-state index contributed by atoms with van der Waals surface area (Å²) in [6, 6.07) is 3.26. The predicted molar refractivity (Wildman–Crippen MR) is 89.0 cm³/mol. The smallest absolute Gasteiger partial charge is 0.191 e. The molecule has 1 aromatic rings. The molecule has 6 heteroatoms. The van der Waals surface area contributed by atoms with Crippen molar-refractivity contribution in [1.82, 2.24) is 20.7 Å². The summed E-state index contributed by atoms with van der Waals surface area (Å²) in [7, 11) is 3.98. The van der Waals surface area contributed by atoms with Crippen LogP contribution in [0.3, 0.4) is 0 Å². The Kier molecular flexibility index (Phi) is 5.83. The average Bonchev–Trinajstić information content (AvgIpc) is 3.24. The van der Waals surface area contributed by atoms with Crippen molar-refractivity contribution in [2.24, 2.45) is 4.99 Å². The summed E-state index contributed by atoms with van der Waals surface area (Å²) in [6.07, 6.45) is 2.66. The summed E-state index contributed by atoms with van der Waals surface area (Å²) < 4.78 is 5.32. The summed E-state index contributed by atoms with van der Waals surface area (Å²) in [5, 5.41) is 10.7. The van der Waals surface area contributed by atoms with Gasteiger partial charge in [-0.3, -0.25) is 9.89 Å². The first-order chi connectivity index (χ1) is 10.5. The van der Waals surface area contributed by atoms with Crippen molar-refractivity contribution in [3.63, 3.8) is 0 Å². The lowest BCUT2D eigenvalue weighted by Gasteiger charge is -2.25. The minimum atomic E-state index is 0.383. The second-order valence-electron chi connectivity index (χ2n) is 6.43. The van der Waals surface area contributed by atoms with Crippen LogP contribution in [0.15, 0.2) is 15.6 Å². The van der Waals surface area contributed by atoms with Crippen LogP contribution in [0.1, 0.15) is 51.0 Å². The summed E-state index contributed by atoms with van der Waals surface area (Å²) in [4.78, 5) is 6.69. The number of hydrogen-bond donors (Lipinski definition) is 2. The molecule has 1 aromatic heterocycles. The number of aromatic nitrogens is 1. The van der Waals surface area contributed by atoms with Gasteiger partial charge in [-0.1, -0.05) is 19.0 Å². The van der Waals surface area contributed by atoms with E-state index in [4.69, 9.17) is 4.52 Å². The van der Waals surface area contributed by atoms with E-state index in [1.54, 1.807) is 7.05 Å². The van der Waals surface area contributed by atoms with E-state index in [2.05, 4.69) is 53.5 Å². The molecule has 124 valence electrons. The van der Waals surface area contributed by atoms with Gasteiger partial charge >= 0.3 is 0 Å². The molecule has 1 aliphatic carbocycles. The minimum Gasteiger partial charge on any atom is -0.359 e. The number of rotatable bonds is 7. The van der Waals surface area contributed by atoms with Gasteiger partial charge in [-0.05, 0) is 32.7 Å². The maximum atomic E-state index is 5.32. The third-order valence-corrected chi connectivity index (χ3v) is 4.21. The van der Waals surface area contributed by atoms with E-state index in [0.717, 1.165) is 30.0 Å². The van der Waals surface area contributed by atoms with E-state index in [9.17, 15) is 0 Å². The normalized spacial score (nSPS) is 17.1. The molecule has 0 aliphatic heterocycles. The first kappa shape index (κ1) is 16.8. The Balaban J connectivity index is 1.74. The number of likely N-dealkylation sites (N-methyl/N-ethyl adjacent to an activating group) is 1. The molecular weight excluding hydrogens is 278 g/mol. The third-order valence-electron chi connectivity index (χ3n) is 4.21. The molecule has 0 amide bonds. The fourth-order valence-corrected chi connectivity index (χ4v) is 2.31. The average molecular weight is 307 g/mol. The van der Waals surface area contributed by atoms with Crippen LogP contribution in [0, 0.1) is 0 Å². The minimum absolute atomic E-state index is 0.383. The maximum Gasteiger partial charge on any atom is 0.191 e. The molecule has 1 fully saturated rings. The lowest BCUT2D eigenvalue weighted by molar-refractivity contribution is 0.247. The molecule has 0 bridgehead atoms. The first-order valence-electron chi connectivity index (χ1n) is 8.13. The summed E-state index contributed by atoms with van der Waals surface area (Å²) >= 11 is 0. The Bertz CT molecular complexity index is 492. The summed E-state index contributed by atoms with van der Waals surface area (Å²) in [5.74, 6) is 2.00. The van der Waals surface area contributed by atoms with Crippen LogP contribution in [0.5, 0.6) is 0 Å². The Hall–Kier alpha value is -1.56.